The first-order valence-corrected chi connectivity index (χ1v) is 48.1. The van der Waals surface area contributed by atoms with Gasteiger partial charge < -0.3 is 69.1 Å². The van der Waals surface area contributed by atoms with Crippen LogP contribution in [0.3, 0.4) is 0 Å². The molecule has 0 spiro atoms. The molecule has 0 saturated carbocycles. The summed E-state index contributed by atoms with van der Waals surface area (Å²) in [6, 6.07) is 138. The summed E-state index contributed by atoms with van der Waals surface area (Å²) in [5, 5.41) is 0. The number of nitrogens with zero attached hydrogens (tertiary/aromatic N) is 18. The SMILES string of the molecule is CN1C=CN(c2[c-]c3c(cc2)-c2ccncc2-c2ccccc2N3c2[c-]c(-c3ccccn3)ccc2)[CH-]1.CN1C=CN(c2[c-]c3c(cc2)-c2ccncc2-c2ccccc2N3c2[c-]c(-c3ccccn3)ccc2)[CH-]1.[Pt+2].[Pt+2].[Pt].[Pt].[c-]1c(-c2ccccn2)cccc1N1c2[c-]c(C3=NC=CC3)ccc2-c2ccncc2-c2ccccc21.[c-]1c(-c2ccccn2)cccc1N1c2[c-]c(C3=NC=CC3)ccc2-c2ccncc2-c2ccccc21. The zero-order chi connectivity index (χ0) is 97.3. The summed E-state index contributed by atoms with van der Waals surface area (Å²) in [6.45, 7) is 4.08. The summed E-state index contributed by atoms with van der Waals surface area (Å²) in [4.78, 5) is 62.5. The molecule has 0 radical (unpaired) electrons. The van der Waals surface area contributed by atoms with E-state index in [1.807, 2.05) is 234 Å². The van der Waals surface area contributed by atoms with Gasteiger partial charge in [-0.25, -0.2) is 0 Å². The Kier molecular flexibility index (Phi) is 29.2. The number of allylic oxidation sites excluding steroid dienone is 2. The van der Waals surface area contributed by atoms with E-state index in [0.717, 1.165) is 249 Å². The molecule has 28 rings (SSSR count). The Morgan fingerprint density at radius 2 is 0.507 bits per heavy atom. The summed E-state index contributed by atoms with van der Waals surface area (Å²) in [5.41, 5.74) is 42.7. The summed E-state index contributed by atoms with van der Waals surface area (Å²) in [6.07, 6.45) is 40.1. The monoisotopic (exact) mass is 2650 g/mol. The van der Waals surface area contributed by atoms with Crippen molar-refractivity contribution in [1.82, 2.24) is 49.7 Å². The number of benzene rings is 12. The fourth-order valence-electron chi connectivity index (χ4n) is 19.9. The van der Waals surface area contributed by atoms with Gasteiger partial charge in [0.2, 0.25) is 0 Å². The van der Waals surface area contributed by atoms with Crippen molar-refractivity contribution in [2.24, 2.45) is 9.98 Å². The number of aliphatic imine (C=N–C) groups is 2. The molecule has 0 saturated heterocycles. The van der Waals surface area contributed by atoms with Gasteiger partial charge in [-0.1, -0.05) is 167 Å². The van der Waals surface area contributed by atoms with Gasteiger partial charge in [-0.05, 0) is 215 Å². The minimum Gasteiger partial charge on any atom is -0.510 e. The smallest absolute Gasteiger partial charge is 0.510 e. The van der Waals surface area contributed by atoms with E-state index in [-0.39, 0.29) is 84.3 Å². The van der Waals surface area contributed by atoms with Crippen LogP contribution in [0.4, 0.5) is 79.6 Å². The molecule has 22 heteroatoms. The summed E-state index contributed by atoms with van der Waals surface area (Å²) in [7, 11) is 4.04. The van der Waals surface area contributed by atoms with Gasteiger partial charge in [0.1, 0.15) is 0 Å². The first-order chi connectivity index (χ1) is 72.2. The second-order valence-electron chi connectivity index (χ2n) is 35.5. The fraction of sp³-hybridized carbons (Fsp3) is 0.0312. The van der Waals surface area contributed by atoms with Crippen LogP contribution < -0.4 is 29.4 Å². The second kappa shape index (κ2) is 44.1. The van der Waals surface area contributed by atoms with Crippen molar-refractivity contribution >= 4 is 91.0 Å². The molecule has 0 aliphatic carbocycles. The van der Waals surface area contributed by atoms with E-state index >= 15 is 0 Å². The van der Waals surface area contributed by atoms with E-state index in [2.05, 4.69) is 370 Å². The molecule has 8 aliphatic rings. The van der Waals surface area contributed by atoms with Crippen molar-refractivity contribution in [3.63, 3.8) is 0 Å². The van der Waals surface area contributed by atoms with Crippen LogP contribution >= 0.6 is 0 Å². The van der Waals surface area contributed by atoms with Gasteiger partial charge in [-0.3, -0.25) is 19.9 Å². The van der Waals surface area contributed by atoms with E-state index in [4.69, 9.17) is 0 Å². The third-order valence-electron chi connectivity index (χ3n) is 26.6. The first-order valence-electron chi connectivity index (χ1n) is 48.1. The zero-order valence-electron chi connectivity index (χ0n) is 80.5. The van der Waals surface area contributed by atoms with Crippen LogP contribution in [0.1, 0.15) is 24.0 Å². The number of para-hydroxylation sites is 4. The van der Waals surface area contributed by atoms with E-state index in [9.17, 15) is 0 Å². The predicted molar refractivity (Wildman–Crippen MR) is 585 cm³/mol. The molecule has 0 atom stereocenters. The van der Waals surface area contributed by atoms with Gasteiger partial charge >= 0.3 is 42.1 Å². The van der Waals surface area contributed by atoms with Crippen molar-refractivity contribution in [2.45, 2.75) is 12.8 Å². The third-order valence-corrected chi connectivity index (χ3v) is 26.6. The Balaban J connectivity index is 0.000000116. The van der Waals surface area contributed by atoms with Crippen molar-refractivity contribution in [1.29, 1.82) is 0 Å². The third kappa shape index (κ3) is 19.4. The quantitative estimate of drug-likeness (QED) is 0.106. The van der Waals surface area contributed by atoms with Gasteiger partial charge in [0.25, 0.3) is 0 Å². The fourth-order valence-corrected chi connectivity index (χ4v) is 19.9. The van der Waals surface area contributed by atoms with Crippen LogP contribution in [-0.2, 0) is 84.3 Å². The molecule has 16 heterocycles. The molecule has 8 aliphatic heterocycles. The minimum atomic E-state index is 0. The normalized spacial score (nSPS) is 13.2. The Labute approximate surface area is 929 Å². The largest absolute Gasteiger partial charge is 2.00 e. The van der Waals surface area contributed by atoms with Crippen LogP contribution in [0, 0.1) is 61.9 Å². The number of pyridine rings is 8. The minimum absolute atomic E-state index is 0. The van der Waals surface area contributed by atoms with Crippen LogP contribution in [0.25, 0.3) is 134 Å². The number of rotatable bonds is 12. The summed E-state index contributed by atoms with van der Waals surface area (Å²) in [5.74, 6) is 0. The van der Waals surface area contributed by atoms with Crippen LogP contribution in [0.2, 0.25) is 0 Å². The molecule has 732 valence electrons. The van der Waals surface area contributed by atoms with Gasteiger partial charge in [0.05, 0.1) is 22.7 Å². The van der Waals surface area contributed by atoms with E-state index in [1.54, 1.807) is 0 Å². The van der Waals surface area contributed by atoms with Crippen molar-refractivity contribution in [2.75, 3.05) is 43.5 Å². The molecule has 0 unspecified atom stereocenters. The van der Waals surface area contributed by atoms with Gasteiger partial charge in [-0.15, -0.1) is 214 Å². The second-order valence-corrected chi connectivity index (χ2v) is 35.5. The van der Waals surface area contributed by atoms with Gasteiger partial charge in [0.15, 0.2) is 0 Å². The maximum absolute atomic E-state index is 4.58. The summed E-state index contributed by atoms with van der Waals surface area (Å²) < 4.78 is 0. The molecule has 150 heavy (non-hydrogen) atoms. The molecule has 0 N–H and O–H groups in total. The van der Waals surface area contributed by atoms with Crippen LogP contribution in [0.15, 0.2) is 449 Å². The molecule has 0 amide bonds. The number of hydrogen-bond donors (Lipinski definition) is 0. The average Bonchev–Trinajstić information content (AvgIpc) is 1.61. The molecular weight excluding hydrogens is 2570 g/mol. The topological polar surface area (TPSA) is 154 Å². The molecular formula is C128H84N18Pt4-6. The van der Waals surface area contributed by atoms with E-state index < -0.39 is 0 Å². The van der Waals surface area contributed by atoms with Gasteiger partial charge in [-0.2, -0.15) is 25.5 Å². The number of aromatic nitrogens is 8. The van der Waals surface area contributed by atoms with E-state index in [0.29, 0.717) is 0 Å². The van der Waals surface area contributed by atoms with Crippen molar-refractivity contribution < 1.29 is 84.3 Å². The van der Waals surface area contributed by atoms with Crippen LogP contribution in [-0.4, -0.2) is 75.2 Å². The van der Waals surface area contributed by atoms with Crippen molar-refractivity contribution in [3.05, 3.63) is 512 Å². The Morgan fingerprint density at radius 3 is 0.773 bits per heavy atom. The molecule has 0 bridgehead atoms. The summed E-state index contributed by atoms with van der Waals surface area (Å²) >= 11 is 0. The zero-order valence-corrected chi connectivity index (χ0v) is 89.5. The first kappa shape index (κ1) is 99.3. The van der Waals surface area contributed by atoms with E-state index in [1.165, 1.54) is 0 Å². The molecule has 12 aromatic carbocycles. The van der Waals surface area contributed by atoms with Crippen LogP contribution in [0.5, 0.6) is 0 Å². The predicted octanol–water partition coefficient (Wildman–Crippen LogP) is 29.5. The number of anilines is 14. The van der Waals surface area contributed by atoms with Crippen molar-refractivity contribution in [3.8, 4) is 134 Å². The Hall–Kier alpha value is -16.7. The van der Waals surface area contributed by atoms with Gasteiger partial charge in [0, 0.05) is 162 Å². The Morgan fingerprint density at radius 1 is 0.227 bits per heavy atom. The average molecular weight is 2650 g/mol. The maximum Gasteiger partial charge on any atom is 2.00 e. The number of hydrogen-bond acceptors (Lipinski definition) is 18. The molecule has 20 aromatic rings. The standard InChI is InChI=1S/2C32H22N5.2C32H20N4.4Pt/c2*1-35-17-18-36(22-35)24-12-13-28-26-14-16-33-21-29(26)27-9-2-3-11-31(27)37(32(28)20-24)25-8-6-7-23(19-25)30-10-4-5-15-34-30;2*1-2-12-31-26(9-1)28-21-33-18-15-25(28)27-14-13-23(30-11-6-17-35-30)20-32(27)36(31)24-8-5-7-22(19-24)29-10-3-4-16-34-29;;;;/h2*2-18,21-22H,1H3;2*1-10,12-18,21H,11H2;;;;/q2*-3;2*-2;;;2*+2. The molecule has 0 fully saturated rings. The maximum atomic E-state index is 4.58. The Bertz CT molecular complexity index is 8140. The molecule has 8 aromatic heterocycles. The molecule has 18 nitrogen and oxygen atoms in total. The number of fused-ring (bicyclic) bond motifs is 20.